The highest BCUT2D eigenvalue weighted by Gasteiger charge is 2.28. The van der Waals surface area contributed by atoms with E-state index in [0.717, 1.165) is 0 Å². The monoisotopic (exact) mass is 282 g/mol. The Bertz CT molecular complexity index is 443. The number of imide groups is 1. The van der Waals surface area contributed by atoms with Crippen LogP contribution in [0.4, 0.5) is 11.4 Å². The maximum atomic E-state index is 11.7. The standard InChI is InChI=1S/C11H11BrN2O2/c12-8-6-7(13)4-5-9(8)14-10(15)2-1-3-11(14)16/h4-6H,1-3,13H2. The zero-order valence-corrected chi connectivity index (χ0v) is 10.2. The summed E-state index contributed by atoms with van der Waals surface area (Å²) in [5.41, 5.74) is 6.77. The molecule has 84 valence electrons. The molecule has 0 spiro atoms. The van der Waals surface area contributed by atoms with Gasteiger partial charge >= 0.3 is 0 Å². The maximum absolute atomic E-state index is 11.7. The molecular formula is C11H11BrN2O2. The molecule has 16 heavy (non-hydrogen) atoms. The lowest BCUT2D eigenvalue weighted by molar-refractivity contribution is -0.129. The van der Waals surface area contributed by atoms with E-state index >= 15 is 0 Å². The van der Waals surface area contributed by atoms with Crippen molar-refractivity contribution < 1.29 is 9.59 Å². The van der Waals surface area contributed by atoms with Gasteiger partial charge in [0.15, 0.2) is 0 Å². The van der Waals surface area contributed by atoms with Gasteiger partial charge in [0.1, 0.15) is 0 Å². The molecule has 5 heteroatoms. The fourth-order valence-corrected chi connectivity index (χ4v) is 2.30. The van der Waals surface area contributed by atoms with Crippen LogP contribution in [0.25, 0.3) is 0 Å². The minimum Gasteiger partial charge on any atom is -0.399 e. The number of anilines is 2. The van der Waals surface area contributed by atoms with E-state index in [1.807, 2.05) is 0 Å². The Morgan fingerprint density at radius 2 is 1.81 bits per heavy atom. The van der Waals surface area contributed by atoms with Gasteiger partial charge in [-0.05, 0) is 40.5 Å². The van der Waals surface area contributed by atoms with Crippen molar-refractivity contribution in [3.05, 3.63) is 22.7 Å². The van der Waals surface area contributed by atoms with Gasteiger partial charge < -0.3 is 5.73 Å². The molecule has 1 heterocycles. The second-order valence-corrected chi connectivity index (χ2v) is 4.54. The van der Waals surface area contributed by atoms with Gasteiger partial charge in [0, 0.05) is 23.0 Å². The molecule has 1 aliphatic rings. The number of halogens is 1. The number of hydrogen-bond acceptors (Lipinski definition) is 3. The van der Waals surface area contributed by atoms with Crippen LogP contribution in [0.3, 0.4) is 0 Å². The van der Waals surface area contributed by atoms with Crippen LogP contribution in [0.1, 0.15) is 19.3 Å². The number of nitrogens with zero attached hydrogens (tertiary/aromatic N) is 1. The lowest BCUT2D eigenvalue weighted by Crippen LogP contribution is -2.40. The van der Waals surface area contributed by atoms with Gasteiger partial charge in [0.05, 0.1) is 5.69 Å². The molecular weight excluding hydrogens is 272 g/mol. The van der Waals surface area contributed by atoms with Crippen LogP contribution >= 0.6 is 15.9 Å². The highest BCUT2D eigenvalue weighted by atomic mass is 79.9. The normalized spacial score (nSPS) is 16.7. The van der Waals surface area contributed by atoms with Crippen LogP contribution < -0.4 is 10.6 Å². The fraction of sp³-hybridized carbons (Fsp3) is 0.273. The summed E-state index contributed by atoms with van der Waals surface area (Å²) in [6.07, 6.45) is 1.48. The fourth-order valence-electron chi connectivity index (χ4n) is 1.73. The summed E-state index contributed by atoms with van der Waals surface area (Å²) in [6, 6.07) is 5.04. The maximum Gasteiger partial charge on any atom is 0.233 e. The molecule has 1 aliphatic heterocycles. The van der Waals surface area contributed by atoms with Crippen molar-refractivity contribution >= 4 is 39.1 Å². The first kappa shape index (κ1) is 11.1. The van der Waals surface area contributed by atoms with Gasteiger partial charge in [0.2, 0.25) is 11.8 Å². The minimum absolute atomic E-state index is 0.151. The molecule has 0 unspecified atom stereocenters. The third kappa shape index (κ3) is 1.95. The molecule has 0 saturated carbocycles. The van der Waals surface area contributed by atoms with Crippen LogP contribution in [0.15, 0.2) is 22.7 Å². The molecule has 2 amide bonds. The summed E-state index contributed by atoms with van der Waals surface area (Å²) in [5.74, 6) is -0.302. The number of rotatable bonds is 1. The second-order valence-electron chi connectivity index (χ2n) is 3.69. The Labute approximate surface area is 102 Å². The predicted molar refractivity (Wildman–Crippen MR) is 64.9 cm³/mol. The van der Waals surface area contributed by atoms with Gasteiger partial charge in [-0.1, -0.05) is 0 Å². The highest BCUT2D eigenvalue weighted by molar-refractivity contribution is 9.10. The van der Waals surface area contributed by atoms with E-state index in [0.29, 0.717) is 35.1 Å². The van der Waals surface area contributed by atoms with E-state index < -0.39 is 0 Å². The topological polar surface area (TPSA) is 63.4 Å². The number of nitrogens with two attached hydrogens (primary N) is 1. The Morgan fingerprint density at radius 1 is 1.19 bits per heavy atom. The number of piperidine rings is 1. The molecule has 2 N–H and O–H groups in total. The van der Waals surface area contributed by atoms with Crippen LogP contribution in [0.2, 0.25) is 0 Å². The minimum atomic E-state index is -0.151. The van der Waals surface area contributed by atoms with Crippen LogP contribution in [0, 0.1) is 0 Å². The van der Waals surface area contributed by atoms with Crippen molar-refractivity contribution in [2.45, 2.75) is 19.3 Å². The lowest BCUT2D eigenvalue weighted by atomic mass is 10.1. The van der Waals surface area contributed by atoms with Crippen LogP contribution in [-0.4, -0.2) is 11.8 Å². The molecule has 0 atom stereocenters. The summed E-state index contributed by atoms with van der Waals surface area (Å²) in [7, 11) is 0. The number of amides is 2. The molecule has 0 aromatic heterocycles. The van der Waals surface area contributed by atoms with Gasteiger partial charge in [-0.25, -0.2) is 4.90 Å². The highest BCUT2D eigenvalue weighted by Crippen LogP contribution is 2.31. The largest absolute Gasteiger partial charge is 0.399 e. The summed E-state index contributed by atoms with van der Waals surface area (Å²) >= 11 is 3.31. The van der Waals surface area contributed by atoms with E-state index in [4.69, 9.17) is 5.73 Å². The van der Waals surface area contributed by atoms with Crippen molar-refractivity contribution in [1.29, 1.82) is 0 Å². The molecule has 0 bridgehead atoms. The third-order valence-corrected chi connectivity index (χ3v) is 3.13. The third-order valence-electron chi connectivity index (χ3n) is 2.49. The summed E-state index contributed by atoms with van der Waals surface area (Å²) in [4.78, 5) is 24.6. The summed E-state index contributed by atoms with van der Waals surface area (Å²) < 4.78 is 0.663. The molecule has 1 fully saturated rings. The zero-order valence-electron chi connectivity index (χ0n) is 8.57. The van der Waals surface area contributed by atoms with Gasteiger partial charge in [0.25, 0.3) is 0 Å². The molecule has 1 aromatic rings. The number of hydrogen-bond donors (Lipinski definition) is 1. The van der Waals surface area contributed by atoms with E-state index in [9.17, 15) is 9.59 Å². The molecule has 0 radical (unpaired) electrons. The quantitative estimate of drug-likeness (QED) is 0.634. The molecule has 4 nitrogen and oxygen atoms in total. The van der Waals surface area contributed by atoms with Crippen LogP contribution in [-0.2, 0) is 9.59 Å². The lowest BCUT2D eigenvalue weighted by Gasteiger charge is -2.25. The Balaban J connectivity index is 2.42. The Kier molecular flexibility index (Phi) is 2.96. The van der Waals surface area contributed by atoms with E-state index in [-0.39, 0.29) is 11.8 Å². The average Bonchev–Trinajstić information content (AvgIpc) is 2.20. The molecule has 0 aliphatic carbocycles. The second kappa shape index (κ2) is 4.25. The molecule has 2 rings (SSSR count). The van der Waals surface area contributed by atoms with Gasteiger partial charge in [-0.2, -0.15) is 0 Å². The summed E-state index contributed by atoms with van der Waals surface area (Å²) in [5, 5.41) is 0. The number of benzene rings is 1. The van der Waals surface area contributed by atoms with Crippen molar-refractivity contribution in [2.24, 2.45) is 0 Å². The van der Waals surface area contributed by atoms with Gasteiger partial charge in [-0.15, -0.1) is 0 Å². The van der Waals surface area contributed by atoms with Crippen molar-refractivity contribution in [3.63, 3.8) is 0 Å². The average molecular weight is 283 g/mol. The molecule has 1 aromatic carbocycles. The number of nitrogen functional groups attached to an aromatic ring is 1. The predicted octanol–water partition coefficient (Wildman–Crippen LogP) is 2.07. The van der Waals surface area contributed by atoms with E-state index in [1.54, 1.807) is 18.2 Å². The Hall–Kier alpha value is -1.36. The first-order chi connectivity index (χ1) is 7.59. The first-order valence-electron chi connectivity index (χ1n) is 5.00. The number of carbonyl (C=O) groups is 2. The smallest absolute Gasteiger partial charge is 0.233 e. The Morgan fingerprint density at radius 3 is 2.38 bits per heavy atom. The van der Waals surface area contributed by atoms with Crippen molar-refractivity contribution in [3.8, 4) is 0 Å². The first-order valence-corrected chi connectivity index (χ1v) is 5.79. The van der Waals surface area contributed by atoms with E-state index in [1.165, 1.54) is 4.90 Å². The van der Waals surface area contributed by atoms with Crippen LogP contribution in [0.5, 0.6) is 0 Å². The van der Waals surface area contributed by atoms with Crippen molar-refractivity contribution in [2.75, 3.05) is 10.6 Å². The van der Waals surface area contributed by atoms with E-state index in [2.05, 4.69) is 15.9 Å². The van der Waals surface area contributed by atoms with Gasteiger partial charge in [-0.3, -0.25) is 9.59 Å². The molecule has 1 saturated heterocycles. The number of carbonyl (C=O) groups excluding carboxylic acids is 2. The zero-order chi connectivity index (χ0) is 11.7. The summed E-state index contributed by atoms with van der Waals surface area (Å²) in [6.45, 7) is 0. The van der Waals surface area contributed by atoms with Crippen molar-refractivity contribution in [1.82, 2.24) is 0 Å². The SMILES string of the molecule is Nc1ccc(N2C(=O)CCCC2=O)c(Br)c1.